The smallest absolute Gasteiger partial charge is 0.0795 e. The fourth-order valence-corrected chi connectivity index (χ4v) is 5.77. The number of nitrogens with one attached hydrogen (secondary N) is 1. The van der Waals surface area contributed by atoms with E-state index in [1.54, 1.807) is 0 Å². The van der Waals surface area contributed by atoms with Gasteiger partial charge in [-0.25, -0.2) is 0 Å². The molecule has 116 valence electrons. The first-order chi connectivity index (χ1) is 9.80. The third kappa shape index (κ3) is 3.72. The predicted octanol–water partition coefficient (Wildman–Crippen LogP) is 3.99. The van der Waals surface area contributed by atoms with Crippen molar-refractivity contribution in [2.75, 3.05) is 18.1 Å². The molecule has 3 rings (SSSR count). The van der Waals surface area contributed by atoms with Crippen molar-refractivity contribution in [1.29, 1.82) is 0 Å². The molecule has 2 nitrogen and oxygen atoms in total. The fraction of sp³-hybridized carbons (Fsp3) is 1.00. The monoisotopic (exact) mass is 297 g/mol. The molecule has 20 heavy (non-hydrogen) atoms. The molecule has 0 bridgehead atoms. The van der Waals surface area contributed by atoms with Crippen LogP contribution in [0.15, 0.2) is 0 Å². The first-order valence-electron chi connectivity index (χ1n) is 8.77. The van der Waals surface area contributed by atoms with Crippen LogP contribution in [0.3, 0.4) is 0 Å². The Morgan fingerprint density at radius 2 is 2.00 bits per heavy atom. The lowest BCUT2D eigenvalue weighted by Gasteiger charge is -2.40. The summed E-state index contributed by atoms with van der Waals surface area (Å²) in [7, 11) is 0. The number of ether oxygens (including phenoxy) is 1. The van der Waals surface area contributed by atoms with E-state index in [2.05, 4.69) is 24.0 Å². The van der Waals surface area contributed by atoms with Gasteiger partial charge in [-0.2, -0.15) is 11.8 Å². The van der Waals surface area contributed by atoms with Crippen molar-refractivity contribution in [1.82, 2.24) is 5.32 Å². The quantitative estimate of drug-likeness (QED) is 0.848. The molecule has 1 N–H and O–H groups in total. The van der Waals surface area contributed by atoms with Crippen LogP contribution in [-0.4, -0.2) is 35.8 Å². The maximum absolute atomic E-state index is 6.13. The maximum Gasteiger partial charge on any atom is 0.0795 e. The van der Waals surface area contributed by atoms with Crippen LogP contribution < -0.4 is 5.32 Å². The topological polar surface area (TPSA) is 21.3 Å². The summed E-state index contributed by atoms with van der Waals surface area (Å²) < 4.78 is 6.13. The van der Waals surface area contributed by atoms with Crippen LogP contribution in [-0.2, 0) is 4.74 Å². The highest BCUT2D eigenvalue weighted by Crippen LogP contribution is 2.38. The Bertz CT molecular complexity index is 295. The van der Waals surface area contributed by atoms with Crippen molar-refractivity contribution in [2.24, 2.45) is 5.92 Å². The van der Waals surface area contributed by atoms with E-state index in [0.29, 0.717) is 0 Å². The third-order valence-corrected chi connectivity index (χ3v) is 6.80. The molecule has 0 amide bonds. The van der Waals surface area contributed by atoms with Gasteiger partial charge in [-0.3, -0.25) is 0 Å². The minimum absolute atomic E-state index is 0.236. The van der Waals surface area contributed by atoms with Crippen LogP contribution >= 0.6 is 11.8 Å². The molecule has 2 unspecified atom stereocenters. The molecule has 2 atom stereocenters. The normalized spacial score (nSPS) is 42.1. The zero-order valence-electron chi connectivity index (χ0n) is 13.0. The van der Waals surface area contributed by atoms with Crippen molar-refractivity contribution in [3.8, 4) is 0 Å². The average molecular weight is 298 g/mol. The summed E-state index contributed by atoms with van der Waals surface area (Å²) in [5.74, 6) is 3.55. The second kappa shape index (κ2) is 7.02. The Hall–Kier alpha value is 0.270. The van der Waals surface area contributed by atoms with Gasteiger partial charge in [0.25, 0.3) is 0 Å². The van der Waals surface area contributed by atoms with Crippen LogP contribution in [0.4, 0.5) is 0 Å². The number of rotatable bonds is 4. The van der Waals surface area contributed by atoms with Gasteiger partial charge in [0.15, 0.2) is 0 Å². The van der Waals surface area contributed by atoms with E-state index in [1.807, 2.05) is 0 Å². The molecule has 0 aromatic carbocycles. The van der Waals surface area contributed by atoms with E-state index >= 15 is 0 Å². The van der Waals surface area contributed by atoms with E-state index in [4.69, 9.17) is 4.74 Å². The van der Waals surface area contributed by atoms with E-state index in [9.17, 15) is 0 Å². The number of thioether (sulfide) groups is 1. The van der Waals surface area contributed by atoms with Crippen molar-refractivity contribution in [3.05, 3.63) is 0 Å². The van der Waals surface area contributed by atoms with Crippen molar-refractivity contribution >= 4 is 11.8 Å². The SMILES string of the molecule is CCCC1CCC(NC2CCOC3(CCSC3)C2)CC1. The average Bonchev–Trinajstić information content (AvgIpc) is 2.89. The molecule has 1 spiro atoms. The van der Waals surface area contributed by atoms with Gasteiger partial charge in [0, 0.05) is 24.4 Å². The van der Waals surface area contributed by atoms with Crippen molar-refractivity contribution in [3.63, 3.8) is 0 Å². The van der Waals surface area contributed by atoms with Gasteiger partial charge >= 0.3 is 0 Å². The van der Waals surface area contributed by atoms with Crippen LogP contribution in [0.2, 0.25) is 0 Å². The van der Waals surface area contributed by atoms with Gasteiger partial charge in [0.1, 0.15) is 0 Å². The van der Waals surface area contributed by atoms with Gasteiger partial charge in [0.2, 0.25) is 0 Å². The summed E-state index contributed by atoms with van der Waals surface area (Å²) >= 11 is 2.08. The number of hydrogen-bond donors (Lipinski definition) is 1. The van der Waals surface area contributed by atoms with Crippen molar-refractivity contribution < 1.29 is 4.74 Å². The molecule has 2 aliphatic heterocycles. The second-order valence-corrected chi connectivity index (χ2v) is 8.30. The first-order valence-corrected chi connectivity index (χ1v) is 9.93. The number of hydrogen-bond acceptors (Lipinski definition) is 3. The molecule has 0 radical (unpaired) electrons. The van der Waals surface area contributed by atoms with Gasteiger partial charge in [0.05, 0.1) is 5.60 Å². The highest BCUT2D eigenvalue weighted by Gasteiger charge is 2.40. The molecule has 2 heterocycles. The molecule has 0 aromatic rings. The highest BCUT2D eigenvalue weighted by molar-refractivity contribution is 7.99. The minimum Gasteiger partial charge on any atom is -0.374 e. The van der Waals surface area contributed by atoms with Crippen LogP contribution in [0.1, 0.15) is 64.7 Å². The van der Waals surface area contributed by atoms with Gasteiger partial charge < -0.3 is 10.1 Å². The Labute approximate surface area is 128 Å². The van der Waals surface area contributed by atoms with Crippen molar-refractivity contribution in [2.45, 2.75) is 82.4 Å². The fourth-order valence-electron chi connectivity index (χ4n) is 4.39. The Morgan fingerprint density at radius 3 is 2.70 bits per heavy atom. The lowest BCUT2D eigenvalue weighted by Crippen LogP contribution is -2.50. The third-order valence-electron chi connectivity index (χ3n) is 5.58. The molecule has 3 fully saturated rings. The van der Waals surface area contributed by atoms with E-state index in [-0.39, 0.29) is 5.60 Å². The lowest BCUT2D eigenvalue weighted by atomic mass is 9.82. The Kier molecular flexibility index (Phi) is 5.33. The zero-order chi connectivity index (χ0) is 13.8. The standard InChI is InChI=1S/C17H31NOS/c1-2-3-14-4-6-15(7-5-14)18-16-8-10-19-17(12-16)9-11-20-13-17/h14-16,18H,2-13H2,1H3. The molecular formula is C17H31NOS. The Balaban J connectivity index is 1.44. The molecule has 0 aromatic heterocycles. The second-order valence-electron chi connectivity index (χ2n) is 7.20. The predicted molar refractivity (Wildman–Crippen MR) is 87.4 cm³/mol. The first kappa shape index (κ1) is 15.2. The summed E-state index contributed by atoms with van der Waals surface area (Å²) in [5, 5.41) is 3.98. The Morgan fingerprint density at radius 1 is 1.15 bits per heavy atom. The summed E-state index contributed by atoms with van der Waals surface area (Å²) in [5.41, 5.74) is 0.236. The highest BCUT2D eigenvalue weighted by atomic mass is 32.2. The molecule has 1 saturated carbocycles. The van der Waals surface area contributed by atoms with Gasteiger partial charge in [-0.15, -0.1) is 0 Å². The zero-order valence-corrected chi connectivity index (χ0v) is 13.9. The van der Waals surface area contributed by atoms with Gasteiger partial charge in [-0.1, -0.05) is 19.8 Å². The molecular weight excluding hydrogens is 266 g/mol. The summed E-state index contributed by atoms with van der Waals surface area (Å²) in [6.45, 7) is 3.30. The minimum atomic E-state index is 0.236. The summed E-state index contributed by atoms with van der Waals surface area (Å²) in [4.78, 5) is 0. The largest absolute Gasteiger partial charge is 0.374 e. The van der Waals surface area contributed by atoms with E-state index in [1.165, 1.54) is 69.3 Å². The molecule has 2 saturated heterocycles. The van der Waals surface area contributed by atoms with Crippen LogP contribution in [0.25, 0.3) is 0 Å². The van der Waals surface area contributed by atoms with E-state index < -0.39 is 0 Å². The maximum atomic E-state index is 6.13. The van der Waals surface area contributed by atoms with E-state index in [0.717, 1.165) is 24.6 Å². The summed E-state index contributed by atoms with van der Waals surface area (Å²) in [6.07, 6.45) is 12.3. The van der Waals surface area contributed by atoms with Crippen LogP contribution in [0.5, 0.6) is 0 Å². The summed E-state index contributed by atoms with van der Waals surface area (Å²) in [6, 6.07) is 1.51. The van der Waals surface area contributed by atoms with Crippen LogP contribution in [0, 0.1) is 5.92 Å². The molecule has 3 heteroatoms. The molecule has 3 aliphatic rings. The molecule has 1 aliphatic carbocycles. The lowest BCUT2D eigenvalue weighted by molar-refractivity contribution is -0.0719. The van der Waals surface area contributed by atoms with Gasteiger partial charge in [-0.05, 0) is 56.6 Å².